The summed E-state index contributed by atoms with van der Waals surface area (Å²) in [6.45, 7) is 1.96. The lowest BCUT2D eigenvalue weighted by Crippen LogP contribution is -2.12. The number of carbonyl (C=O) groups excluding carboxylic acids is 1. The molecule has 0 atom stereocenters. The number of aryl methyl sites for hydroxylation is 2. The van der Waals surface area contributed by atoms with Gasteiger partial charge in [0.15, 0.2) is 5.78 Å². The monoisotopic (exact) mass is 309 g/mol. The highest BCUT2D eigenvalue weighted by Gasteiger charge is 2.28. The number of hydrogen-bond donors (Lipinski definition) is 1. The molecule has 0 aliphatic carbocycles. The van der Waals surface area contributed by atoms with Crippen molar-refractivity contribution in [2.24, 2.45) is 7.05 Å². The molecule has 1 aromatic carbocycles. The molecular weight excluding hydrogens is 294 g/mol. The average Bonchev–Trinajstić information content (AvgIpc) is 3.05. The molecule has 0 unspecified atom stereocenters. The summed E-state index contributed by atoms with van der Waals surface area (Å²) < 4.78 is 2.11. The number of thioether (sulfide) groups is 1. The van der Waals surface area contributed by atoms with E-state index >= 15 is 0 Å². The van der Waals surface area contributed by atoms with Crippen LogP contribution in [0.25, 0.3) is 17.0 Å². The fourth-order valence-electron chi connectivity index (χ4n) is 2.92. The van der Waals surface area contributed by atoms with Crippen molar-refractivity contribution < 1.29 is 4.79 Å². The van der Waals surface area contributed by atoms with E-state index in [2.05, 4.69) is 20.6 Å². The highest BCUT2D eigenvalue weighted by molar-refractivity contribution is 7.99. The van der Waals surface area contributed by atoms with Crippen molar-refractivity contribution in [3.05, 3.63) is 53.1 Å². The summed E-state index contributed by atoms with van der Waals surface area (Å²) in [5.74, 6) is 0.801. The van der Waals surface area contributed by atoms with Gasteiger partial charge in [-0.1, -0.05) is 18.2 Å². The van der Waals surface area contributed by atoms with Crippen LogP contribution in [0.15, 0.2) is 41.2 Å². The van der Waals surface area contributed by atoms with Gasteiger partial charge in [0.2, 0.25) is 0 Å². The summed E-state index contributed by atoms with van der Waals surface area (Å²) in [6, 6.07) is 8.07. The van der Waals surface area contributed by atoms with E-state index < -0.39 is 0 Å². The number of H-pyrrole nitrogens is 1. The Hall–Kier alpha value is -2.27. The Morgan fingerprint density at radius 3 is 2.95 bits per heavy atom. The molecule has 3 aromatic rings. The van der Waals surface area contributed by atoms with Crippen molar-refractivity contribution in [1.29, 1.82) is 0 Å². The molecule has 0 fully saturated rings. The maximum absolute atomic E-state index is 12.9. The Morgan fingerprint density at radius 1 is 1.36 bits per heavy atom. The second kappa shape index (κ2) is 4.88. The van der Waals surface area contributed by atoms with Crippen molar-refractivity contribution in [1.82, 2.24) is 14.5 Å². The van der Waals surface area contributed by atoms with Crippen LogP contribution < -0.4 is 0 Å². The lowest BCUT2D eigenvalue weighted by atomic mass is 10.0. The molecule has 0 radical (unpaired) electrons. The molecule has 5 heteroatoms. The molecule has 22 heavy (non-hydrogen) atoms. The van der Waals surface area contributed by atoms with Gasteiger partial charge in [-0.05, 0) is 19.1 Å². The van der Waals surface area contributed by atoms with Crippen LogP contribution in [0.2, 0.25) is 0 Å². The van der Waals surface area contributed by atoms with E-state index in [0.717, 1.165) is 38.5 Å². The van der Waals surface area contributed by atoms with Crippen LogP contribution in [-0.2, 0) is 7.05 Å². The van der Waals surface area contributed by atoms with Crippen LogP contribution in [0, 0.1) is 6.92 Å². The van der Waals surface area contributed by atoms with Gasteiger partial charge in [-0.2, -0.15) is 0 Å². The van der Waals surface area contributed by atoms with Crippen LogP contribution in [0.3, 0.4) is 0 Å². The van der Waals surface area contributed by atoms with Crippen molar-refractivity contribution >= 4 is 34.5 Å². The molecule has 4 nitrogen and oxygen atoms in total. The minimum absolute atomic E-state index is 0.118. The van der Waals surface area contributed by atoms with Crippen LogP contribution in [-0.4, -0.2) is 26.1 Å². The number of imidazole rings is 1. The second-order valence-corrected chi connectivity index (χ2v) is 6.42. The van der Waals surface area contributed by atoms with Gasteiger partial charge in [-0.3, -0.25) is 4.79 Å². The van der Waals surface area contributed by atoms with Crippen LogP contribution in [0.5, 0.6) is 0 Å². The Balaban J connectivity index is 1.89. The Morgan fingerprint density at radius 2 is 2.18 bits per heavy atom. The molecule has 4 rings (SSSR count). The maximum atomic E-state index is 12.9. The molecular formula is C17H15N3OS. The zero-order valence-electron chi connectivity index (χ0n) is 12.4. The van der Waals surface area contributed by atoms with E-state index in [1.165, 1.54) is 0 Å². The predicted octanol–water partition coefficient (Wildman–Crippen LogP) is 3.58. The number of ketones is 1. The third-order valence-electron chi connectivity index (χ3n) is 4.12. The number of para-hydroxylation sites is 1. The molecule has 2 aromatic heterocycles. The fourth-order valence-corrected chi connectivity index (χ4v) is 4.06. The first-order chi connectivity index (χ1) is 10.7. The van der Waals surface area contributed by atoms with Gasteiger partial charge in [0.25, 0.3) is 0 Å². The van der Waals surface area contributed by atoms with E-state index in [0.29, 0.717) is 5.75 Å². The number of Topliss-reactive ketones (excluding diaryl/α,β-unsaturated/α-hetero) is 1. The van der Waals surface area contributed by atoms with Crippen molar-refractivity contribution in [3.8, 4) is 0 Å². The SMILES string of the molecule is Cc1[nH]cnc1/C=C1/CSc2c(c3ccccc3n2C)C1=O. The highest BCUT2D eigenvalue weighted by atomic mass is 32.2. The lowest BCUT2D eigenvalue weighted by molar-refractivity contribution is 0.103. The summed E-state index contributed by atoms with van der Waals surface area (Å²) >= 11 is 1.72. The first-order valence-electron chi connectivity index (χ1n) is 7.12. The summed E-state index contributed by atoms with van der Waals surface area (Å²) in [7, 11) is 2.02. The van der Waals surface area contributed by atoms with Gasteiger partial charge in [0.05, 0.1) is 22.6 Å². The minimum Gasteiger partial charge on any atom is -0.348 e. The smallest absolute Gasteiger partial charge is 0.193 e. The number of aromatic amines is 1. The van der Waals surface area contributed by atoms with Crippen LogP contribution >= 0.6 is 11.8 Å². The normalized spacial score (nSPS) is 16.5. The molecule has 110 valence electrons. The Bertz CT molecular complexity index is 933. The average molecular weight is 309 g/mol. The number of aromatic nitrogens is 3. The van der Waals surface area contributed by atoms with Gasteiger partial charge in [-0.25, -0.2) is 4.98 Å². The topological polar surface area (TPSA) is 50.7 Å². The molecule has 0 amide bonds. The highest BCUT2D eigenvalue weighted by Crippen LogP contribution is 2.39. The molecule has 0 saturated carbocycles. The zero-order chi connectivity index (χ0) is 15.3. The maximum Gasteiger partial charge on any atom is 0.193 e. The Kier molecular flexibility index (Phi) is 2.97. The summed E-state index contributed by atoms with van der Waals surface area (Å²) in [5, 5.41) is 2.09. The summed E-state index contributed by atoms with van der Waals surface area (Å²) in [6.07, 6.45) is 3.57. The van der Waals surface area contributed by atoms with Crippen molar-refractivity contribution in [2.45, 2.75) is 11.9 Å². The number of fused-ring (bicyclic) bond motifs is 3. The fraction of sp³-hybridized carbons (Fsp3) is 0.176. The predicted molar refractivity (Wildman–Crippen MR) is 89.3 cm³/mol. The van der Waals surface area contributed by atoms with E-state index in [1.807, 2.05) is 38.2 Å². The first kappa shape index (κ1) is 13.4. The number of rotatable bonds is 1. The number of nitrogens with one attached hydrogen (secondary N) is 1. The van der Waals surface area contributed by atoms with Crippen molar-refractivity contribution in [2.75, 3.05) is 5.75 Å². The van der Waals surface area contributed by atoms with Crippen molar-refractivity contribution in [3.63, 3.8) is 0 Å². The summed E-state index contributed by atoms with van der Waals surface area (Å²) in [4.78, 5) is 20.3. The number of benzene rings is 1. The molecule has 0 bridgehead atoms. The molecule has 0 spiro atoms. The van der Waals surface area contributed by atoms with Gasteiger partial charge >= 0.3 is 0 Å². The van der Waals surface area contributed by atoms with Crippen LogP contribution in [0.4, 0.5) is 0 Å². The van der Waals surface area contributed by atoms with Crippen LogP contribution in [0.1, 0.15) is 21.7 Å². The summed E-state index contributed by atoms with van der Waals surface area (Å²) in [5.41, 5.74) is 4.56. The quantitative estimate of drug-likeness (QED) is 0.699. The minimum atomic E-state index is 0.118. The third kappa shape index (κ3) is 1.85. The molecule has 1 aliphatic rings. The third-order valence-corrected chi connectivity index (χ3v) is 5.32. The molecule has 3 heterocycles. The van der Waals surface area contributed by atoms with E-state index in [-0.39, 0.29) is 5.78 Å². The van der Waals surface area contributed by atoms with E-state index in [1.54, 1.807) is 18.1 Å². The van der Waals surface area contributed by atoms with E-state index in [9.17, 15) is 4.79 Å². The first-order valence-corrected chi connectivity index (χ1v) is 8.11. The standard InChI is InChI=1S/C17H15N3OS/c1-10-13(19-9-18-10)7-11-8-22-17-15(16(11)21)12-5-3-4-6-14(12)20(17)2/h3-7,9H,8H2,1-2H3,(H,18,19)/b11-7-. The van der Waals surface area contributed by atoms with Gasteiger partial charge < -0.3 is 9.55 Å². The number of hydrogen-bond acceptors (Lipinski definition) is 3. The van der Waals surface area contributed by atoms with Gasteiger partial charge in [0.1, 0.15) is 0 Å². The molecule has 0 saturated heterocycles. The number of nitrogens with zero attached hydrogens (tertiary/aromatic N) is 2. The van der Waals surface area contributed by atoms with Gasteiger partial charge in [0, 0.05) is 35.0 Å². The van der Waals surface area contributed by atoms with E-state index in [4.69, 9.17) is 0 Å². The number of carbonyl (C=O) groups is 1. The van der Waals surface area contributed by atoms with Gasteiger partial charge in [-0.15, -0.1) is 11.8 Å². The Labute approximate surface area is 132 Å². The second-order valence-electron chi connectivity index (χ2n) is 5.46. The lowest BCUT2D eigenvalue weighted by Gasteiger charge is -2.15. The molecule has 1 N–H and O–H groups in total. The zero-order valence-corrected chi connectivity index (χ0v) is 13.2. The molecule has 1 aliphatic heterocycles. The largest absolute Gasteiger partial charge is 0.348 e.